The molecule has 0 aliphatic heterocycles. The topological polar surface area (TPSA) is 74.6 Å². The molecule has 5 heteroatoms. The number of carboxylic acid groups (broad SMARTS) is 2. The lowest BCUT2D eigenvalue weighted by molar-refractivity contribution is -0.134. The van der Waals surface area contributed by atoms with Crippen molar-refractivity contribution in [3.63, 3.8) is 0 Å². The summed E-state index contributed by atoms with van der Waals surface area (Å²) in [6.07, 6.45) is 0. The fourth-order valence-corrected chi connectivity index (χ4v) is 0.677. The molecule has 0 fully saturated rings. The average molecular weight is 154 g/mol. The van der Waals surface area contributed by atoms with Gasteiger partial charge in [0.1, 0.15) is 0 Å². The number of thioether (sulfide) groups is 1. The molecule has 52 valence electrons. The van der Waals surface area contributed by atoms with Gasteiger partial charge in [0.15, 0.2) is 0 Å². The zero-order valence-corrected chi connectivity index (χ0v) is 5.35. The van der Waals surface area contributed by atoms with Crippen LogP contribution in [0.5, 0.6) is 0 Å². The summed E-state index contributed by atoms with van der Waals surface area (Å²) in [5, 5.41) is 16.0. The van der Waals surface area contributed by atoms with Crippen LogP contribution in [0.4, 0.5) is 0 Å². The Labute approximate surface area is 55.9 Å². The van der Waals surface area contributed by atoms with Crippen LogP contribution in [0.3, 0.4) is 0 Å². The van der Waals surface area contributed by atoms with Crippen LogP contribution in [0, 0.1) is 0 Å². The molecule has 0 aromatic carbocycles. The molecule has 0 saturated carbocycles. The summed E-state index contributed by atoms with van der Waals surface area (Å²) in [7, 11) is 0. The molecule has 0 heterocycles. The quantitative estimate of drug-likeness (QED) is 0.552. The van der Waals surface area contributed by atoms with Crippen molar-refractivity contribution in [2.45, 2.75) is 0 Å². The molecule has 2 N–H and O–H groups in total. The van der Waals surface area contributed by atoms with Gasteiger partial charge in [0.2, 0.25) is 0 Å². The summed E-state index contributed by atoms with van der Waals surface area (Å²) in [4.78, 5) is 19.5. The van der Waals surface area contributed by atoms with Crippen LogP contribution in [0.1, 0.15) is 0 Å². The standard InChI is InChI=1S/C4H6O4S/c5-3(6)1-9-2-4(7)8/h1-2H2,(H,5,6)(H,7,8)/i1+1,2+1,3+1,4+1. The van der Waals surface area contributed by atoms with Crippen molar-refractivity contribution in [1.82, 2.24) is 0 Å². The third-order valence-electron chi connectivity index (χ3n) is 0.451. The van der Waals surface area contributed by atoms with Gasteiger partial charge < -0.3 is 10.2 Å². The number of hydrogen-bond donors (Lipinski definition) is 2. The maximum Gasteiger partial charge on any atom is 0.313 e. The van der Waals surface area contributed by atoms with Crippen molar-refractivity contribution in [2.75, 3.05) is 11.5 Å². The molecule has 0 bridgehead atoms. The first-order valence-electron chi connectivity index (χ1n) is 2.14. The second-order valence-corrected chi connectivity index (χ2v) is 2.27. The van der Waals surface area contributed by atoms with Crippen LogP contribution in [0.15, 0.2) is 0 Å². The summed E-state index contributed by atoms with van der Waals surface area (Å²) in [5.74, 6) is -2.26. The lowest BCUT2D eigenvalue weighted by Gasteiger charge is -1.89. The summed E-state index contributed by atoms with van der Waals surface area (Å²) in [6.45, 7) is 0. The van der Waals surface area contributed by atoms with Crippen LogP contribution in [-0.2, 0) is 9.59 Å². The van der Waals surface area contributed by atoms with Crippen LogP contribution >= 0.6 is 11.8 Å². The van der Waals surface area contributed by atoms with E-state index in [0.29, 0.717) is 0 Å². The highest BCUT2D eigenvalue weighted by molar-refractivity contribution is 8.00. The predicted molar refractivity (Wildman–Crippen MR) is 32.6 cm³/mol. The molecule has 0 unspecified atom stereocenters. The normalized spacial score (nSPS) is 8.89. The minimum absolute atomic E-state index is 0.147. The third-order valence-corrected chi connectivity index (χ3v) is 1.35. The first-order chi connectivity index (χ1) is 4.13. The van der Waals surface area contributed by atoms with Crippen molar-refractivity contribution < 1.29 is 19.8 Å². The van der Waals surface area contributed by atoms with Gasteiger partial charge in [0.25, 0.3) is 0 Å². The molecule has 0 aliphatic carbocycles. The minimum atomic E-state index is -0.985. The monoisotopic (exact) mass is 154 g/mol. The Morgan fingerprint density at radius 1 is 1.11 bits per heavy atom. The second-order valence-electron chi connectivity index (χ2n) is 1.28. The highest BCUT2D eigenvalue weighted by Gasteiger charge is 1.99. The molecule has 0 aromatic rings. The summed E-state index contributed by atoms with van der Waals surface area (Å²) in [5.41, 5.74) is 0. The van der Waals surface area contributed by atoms with Crippen LogP contribution in [0.2, 0.25) is 0 Å². The zero-order valence-electron chi connectivity index (χ0n) is 4.53. The summed E-state index contributed by atoms with van der Waals surface area (Å²) in [6, 6.07) is 0. The Morgan fingerprint density at radius 2 is 1.44 bits per heavy atom. The molecule has 0 aliphatic rings. The van der Waals surface area contributed by atoms with E-state index in [4.69, 9.17) is 10.2 Å². The fraction of sp³-hybridized carbons (Fsp3) is 0.500. The van der Waals surface area contributed by atoms with Gasteiger partial charge in [0.05, 0.1) is 11.5 Å². The van der Waals surface area contributed by atoms with Crippen molar-refractivity contribution >= 4 is 23.7 Å². The summed E-state index contributed by atoms with van der Waals surface area (Å²) < 4.78 is 0. The fourth-order valence-electron chi connectivity index (χ4n) is 0.226. The van der Waals surface area contributed by atoms with E-state index in [0.717, 1.165) is 11.8 Å². The Morgan fingerprint density at radius 3 is 1.67 bits per heavy atom. The van der Waals surface area contributed by atoms with Gasteiger partial charge >= 0.3 is 11.9 Å². The van der Waals surface area contributed by atoms with Gasteiger partial charge in [-0.15, -0.1) is 11.8 Å². The molecule has 0 amide bonds. The van der Waals surface area contributed by atoms with Crippen LogP contribution in [-0.4, -0.2) is 33.7 Å². The van der Waals surface area contributed by atoms with Gasteiger partial charge in [-0.25, -0.2) is 0 Å². The SMILES string of the molecule is O=[13C](O)[13CH2]S[13CH2][13C](=O)O. The van der Waals surface area contributed by atoms with Gasteiger partial charge in [-0.05, 0) is 0 Å². The highest BCUT2D eigenvalue weighted by Crippen LogP contribution is 1.96. The molecule has 0 aromatic heterocycles. The number of carbonyl (C=O) groups is 2. The first kappa shape index (κ1) is 8.29. The molecule has 9 heavy (non-hydrogen) atoms. The Kier molecular flexibility index (Phi) is 3.87. The maximum absolute atomic E-state index is 9.77. The molecule has 0 saturated heterocycles. The van der Waals surface area contributed by atoms with Crippen LogP contribution in [0.25, 0.3) is 0 Å². The molecular formula is C4H6O4S. The van der Waals surface area contributed by atoms with Crippen molar-refractivity contribution in [3.05, 3.63) is 0 Å². The van der Waals surface area contributed by atoms with Crippen molar-refractivity contribution in [1.29, 1.82) is 0 Å². The van der Waals surface area contributed by atoms with Gasteiger partial charge in [-0.2, -0.15) is 0 Å². The van der Waals surface area contributed by atoms with E-state index in [1.54, 1.807) is 0 Å². The van der Waals surface area contributed by atoms with Crippen molar-refractivity contribution in [2.24, 2.45) is 0 Å². The van der Waals surface area contributed by atoms with E-state index >= 15 is 0 Å². The van der Waals surface area contributed by atoms with Crippen LogP contribution < -0.4 is 0 Å². The molecule has 0 spiro atoms. The Bertz CT molecular complexity index is 108. The van der Waals surface area contributed by atoms with Gasteiger partial charge in [-0.3, -0.25) is 9.59 Å². The second kappa shape index (κ2) is 4.20. The lowest BCUT2D eigenvalue weighted by Crippen LogP contribution is -2.03. The average Bonchev–Trinajstić information content (AvgIpc) is 1.63. The lowest BCUT2D eigenvalue weighted by atomic mass is 11.8. The molecule has 0 rings (SSSR count). The number of aliphatic carboxylic acids is 2. The number of hydrogen-bond acceptors (Lipinski definition) is 3. The summed E-state index contributed by atoms with van der Waals surface area (Å²) >= 11 is 0.870. The zero-order chi connectivity index (χ0) is 7.28. The smallest absolute Gasteiger partial charge is 0.313 e. The number of carboxylic acids is 2. The van der Waals surface area contributed by atoms with Crippen molar-refractivity contribution in [3.8, 4) is 0 Å². The van der Waals surface area contributed by atoms with Gasteiger partial charge in [-0.1, -0.05) is 0 Å². The van der Waals surface area contributed by atoms with E-state index < -0.39 is 11.9 Å². The van der Waals surface area contributed by atoms with E-state index in [9.17, 15) is 9.59 Å². The molecule has 4 nitrogen and oxygen atoms in total. The molecular weight excluding hydrogens is 148 g/mol. The minimum Gasteiger partial charge on any atom is -0.481 e. The van der Waals surface area contributed by atoms with E-state index in [-0.39, 0.29) is 11.5 Å². The molecule has 0 atom stereocenters. The third kappa shape index (κ3) is 7.29. The van der Waals surface area contributed by atoms with E-state index in [2.05, 4.69) is 0 Å². The highest BCUT2D eigenvalue weighted by atomic mass is 32.2. The van der Waals surface area contributed by atoms with Gasteiger partial charge in [0, 0.05) is 0 Å². The Hall–Kier alpha value is -0.710. The Balaban J connectivity index is 3.10. The maximum atomic E-state index is 9.77. The largest absolute Gasteiger partial charge is 0.481 e. The van der Waals surface area contributed by atoms with E-state index in [1.165, 1.54) is 0 Å². The predicted octanol–water partition coefficient (Wildman–Crippen LogP) is -0.111. The number of rotatable bonds is 4. The van der Waals surface area contributed by atoms with E-state index in [1.807, 2.05) is 0 Å². The first-order valence-corrected chi connectivity index (χ1v) is 3.29. The molecule has 0 radical (unpaired) electrons.